The van der Waals surface area contributed by atoms with E-state index in [2.05, 4.69) is 243 Å². The van der Waals surface area contributed by atoms with Crippen LogP contribution in [0, 0.1) is 6.92 Å². The monoisotopic (exact) mass is 2010 g/mol. The van der Waals surface area contributed by atoms with E-state index in [0.717, 1.165) is 262 Å². The molecule has 738 valence electrons. The molecule has 5 fully saturated rings. The number of hydrogen-bond acceptors (Lipinski definition) is 15. The Balaban J connectivity index is 0.000000122. The lowest BCUT2D eigenvalue weighted by Crippen LogP contribution is -2.36. The topological polar surface area (TPSA) is 206 Å². The number of ether oxygens (including phenoxy) is 5. The second kappa shape index (κ2) is 45.8. The number of fused-ring (bicyclic) bond motifs is 5. The van der Waals surface area contributed by atoms with Gasteiger partial charge in [-0.05, 0) is 242 Å². The Morgan fingerprint density at radius 1 is 0.298 bits per heavy atom. The van der Waals surface area contributed by atoms with Crippen molar-refractivity contribution in [2.24, 2.45) is 0 Å². The number of rotatable bonds is 21. The Morgan fingerprint density at radius 2 is 0.610 bits per heavy atom. The van der Waals surface area contributed by atoms with Gasteiger partial charge in [0.05, 0.1) is 66.3 Å². The van der Waals surface area contributed by atoms with Gasteiger partial charge < -0.3 is 48.6 Å². The van der Waals surface area contributed by atoms with Crippen molar-refractivity contribution in [3.63, 3.8) is 0 Å². The second-order valence-corrected chi connectivity index (χ2v) is 38.6. The number of aromatic nitrogens is 10. The van der Waals surface area contributed by atoms with Gasteiger partial charge in [-0.1, -0.05) is 167 Å². The van der Waals surface area contributed by atoms with Gasteiger partial charge in [-0.3, -0.25) is 24.5 Å². The van der Waals surface area contributed by atoms with Gasteiger partial charge in [-0.15, -0.1) is 0 Å². The number of halogens is 11. The lowest BCUT2D eigenvalue weighted by Gasteiger charge is -2.31. The number of alkyl halides is 9. The van der Waals surface area contributed by atoms with Gasteiger partial charge in [0.1, 0.15) is 34.6 Å². The maximum absolute atomic E-state index is 13.4. The second-order valence-electron chi connectivity index (χ2n) is 37.3. The number of imidazole rings is 5. The number of benzene rings is 11. The number of aryl methyl sites for hydroxylation is 1. The van der Waals surface area contributed by atoms with Gasteiger partial charge in [0, 0.05) is 166 Å². The zero-order valence-corrected chi connectivity index (χ0v) is 82.0. The van der Waals surface area contributed by atoms with Crippen molar-refractivity contribution in [3.8, 4) is 68.1 Å². The smallest absolute Gasteiger partial charge is 0.381 e. The van der Waals surface area contributed by atoms with Crippen molar-refractivity contribution in [1.82, 2.24) is 74.3 Å². The Kier molecular flexibility index (Phi) is 32.8. The highest BCUT2D eigenvalue weighted by atomic mass is 79.9. The number of nitrogens with one attached hydrogen (secondary N) is 5. The van der Waals surface area contributed by atoms with E-state index >= 15 is 0 Å². The van der Waals surface area contributed by atoms with E-state index < -0.39 is 40.7 Å². The van der Waals surface area contributed by atoms with Gasteiger partial charge in [0.15, 0.2) is 0 Å². The third-order valence-electron chi connectivity index (χ3n) is 27.1. The largest absolute Gasteiger partial charge is 0.418 e. The van der Waals surface area contributed by atoms with Gasteiger partial charge >= 0.3 is 18.5 Å². The molecule has 16 aromatic rings. The van der Waals surface area contributed by atoms with Crippen LogP contribution < -0.4 is 0 Å². The third kappa shape index (κ3) is 26.5. The third-order valence-corrected chi connectivity index (χ3v) is 27.8. The predicted molar refractivity (Wildman–Crippen MR) is 542 cm³/mol. The fourth-order valence-electron chi connectivity index (χ4n) is 19.0. The molecule has 20 nitrogen and oxygen atoms in total. The molecule has 0 aliphatic carbocycles. The van der Waals surface area contributed by atoms with Crippen LogP contribution in [0.1, 0.15) is 114 Å². The van der Waals surface area contributed by atoms with Crippen LogP contribution in [-0.2, 0) is 74.9 Å². The first-order valence-electron chi connectivity index (χ1n) is 47.9. The maximum Gasteiger partial charge on any atom is 0.418 e. The summed E-state index contributed by atoms with van der Waals surface area (Å²) in [5.74, 6) is 3.37. The number of H-pyrrole nitrogens is 5. The molecule has 141 heavy (non-hydrogen) atoms. The van der Waals surface area contributed by atoms with Gasteiger partial charge in [-0.2, -0.15) is 39.5 Å². The summed E-state index contributed by atoms with van der Waals surface area (Å²) in [6.07, 6.45) is -3.57. The van der Waals surface area contributed by atoms with Crippen LogP contribution in [0.3, 0.4) is 0 Å². The molecule has 0 amide bonds. The minimum atomic E-state index is -4.97. The summed E-state index contributed by atoms with van der Waals surface area (Å²) < 4.78 is 146. The molecule has 5 aromatic heterocycles. The summed E-state index contributed by atoms with van der Waals surface area (Å²) in [7, 11) is 10.8. The zero-order chi connectivity index (χ0) is 98.5. The average molecular weight is 2010 g/mol. The summed E-state index contributed by atoms with van der Waals surface area (Å²) in [5.41, 5.74) is 17.1. The van der Waals surface area contributed by atoms with Gasteiger partial charge in [0.25, 0.3) is 0 Å². The highest BCUT2D eigenvalue weighted by Gasteiger charge is 2.40. The van der Waals surface area contributed by atoms with Crippen molar-refractivity contribution in [2.75, 3.05) is 101 Å². The SMILES string of the molecule is CN(Cc1ccc(-c2nc3c(C(F)(F)F)cc(C(F)(F)F)cc3[nH]2)cc1)C1CCOCC1.CN(Cc1cccc(-c2nc3ccc(Br)cc3[nH]2)c1)C1CCOCC1.CN(Cc1cccc(-c2nc3ccc(C(F)(F)F)cc3[nH]2)c1)C1CCOCC1.CN(Cc1cccc(-c2nc3ccc(Cl)cc3[nH]2)c1)C1CCOCC1.Cc1ccc(-c2ccc3nc(-c4ccc(CN(C)C5CCOCC5)cc4)[nH]c3c2)cc1. The molecule has 0 spiro atoms. The summed E-state index contributed by atoms with van der Waals surface area (Å²) >= 11 is 9.58. The highest BCUT2D eigenvalue weighted by Crippen LogP contribution is 2.42. The molecule has 10 heterocycles. The van der Waals surface area contributed by atoms with E-state index in [9.17, 15) is 39.5 Å². The van der Waals surface area contributed by atoms with Crippen LogP contribution in [0.5, 0.6) is 0 Å². The quantitative estimate of drug-likeness (QED) is 0.0424. The van der Waals surface area contributed by atoms with E-state index in [0.29, 0.717) is 65.2 Å². The Labute approximate surface area is 827 Å². The van der Waals surface area contributed by atoms with Crippen molar-refractivity contribution >= 4 is 82.7 Å². The fourth-order valence-corrected chi connectivity index (χ4v) is 19.5. The molecule has 0 bridgehead atoms. The van der Waals surface area contributed by atoms with Crippen LogP contribution in [0.2, 0.25) is 5.02 Å². The summed E-state index contributed by atoms with van der Waals surface area (Å²) in [6.45, 7) is 14.8. The fraction of sp³-hybridized carbons (Fsp3) is 0.355. The number of nitrogens with zero attached hydrogens (tertiary/aromatic N) is 10. The number of hydrogen-bond donors (Lipinski definition) is 5. The average Bonchev–Trinajstić information content (AvgIpc) is 1.62. The molecule has 5 saturated heterocycles. The zero-order valence-electron chi connectivity index (χ0n) is 79.7. The minimum Gasteiger partial charge on any atom is -0.381 e. The molecular formula is C110H116BrClF9N15O5. The standard InChI is InChI=1S/C27H29N3O.C22H21F6N3O.C21H22F3N3O.C20H22BrN3O.C20H22ClN3O/c1-19-3-7-21(8-4-19)23-11-12-25-26(17-23)29-27(28-25)22-9-5-20(6-10-22)18-30(2)24-13-15-31-16-14-24;1-31(16-6-8-32-9-7-16)12-13-2-4-14(5-3-13)20-29-18-11-15(21(23,24)25)10-17(19(18)30-20)22(26,27)28;1-27(17-7-9-28-10-8-17)13-14-3-2-4-15(11-14)20-25-18-6-5-16(21(22,23)24)12-19(18)26-20;2*1-24(17-7-9-25-10-8-17)13-14-3-2-4-15(11-14)20-22-18-6-5-16(21)12-19(18)23-20/h3-12,17,24H,13-16,18H2,1-2H3,(H,28,29);2-5,10-11,16H,6-9,12H2,1H3,(H,29,30);2-6,11-12,17H,7-10,13H2,1H3,(H,25,26);2*2-6,11-12,17H,7-10,13H2,1H3,(H,22,23). The van der Waals surface area contributed by atoms with Crippen molar-refractivity contribution in [1.29, 1.82) is 0 Å². The Hall–Kier alpha value is -11.5. The van der Waals surface area contributed by atoms with E-state index in [4.69, 9.17) is 45.3 Å². The molecule has 0 atom stereocenters. The molecule has 11 aromatic carbocycles. The molecule has 0 radical (unpaired) electrons. The number of aromatic amines is 5. The first-order chi connectivity index (χ1) is 67.9. The van der Waals surface area contributed by atoms with Crippen molar-refractivity contribution in [2.45, 2.75) is 153 Å². The predicted octanol–water partition coefficient (Wildman–Crippen LogP) is 25.7. The molecule has 21 rings (SSSR count). The first kappa shape index (κ1) is 101. The van der Waals surface area contributed by atoms with Crippen molar-refractivity contribution < 1.29 is 63.2 Å². The summed E-state index contributed by atoms with van der Waals surface area (Å²) in [5, 5.41) is 0.717. The van der Waals surface area contributed by atoms with E-state index in [-0.39, 0.29) is 17.4 Å². The molecule has 31 heteroatoms. The summed E-state index contributed by atoms with van der Waals surface area (Å²) in [4.78, 5) is 50.5. The lowest BCUT2D eigenvalue weighted by atomic mass is 10.0. The van der Waals surface area contributed by atoms with Crippen LogP contribution >= 0.6 is 27.5 Å². The van der Waals surface area contributed by atoms with Crippen LogP contribution in [0.4, 0.5) is 39.5 Å². The maximum atomic E-state index is 13.4. The summed E-state index contributed by atoms with van der Waals surface area (Å²) in [6, 6.07) is 75.1. The van der Waals surface area contributed by atoms with Crippen LogP contribution in [0.15, 0.2) is 235 Å². The van der Waals surface area contributed by atoms with E-state index in [1.54, 1.807) is 12.1 Å². The molecular weight excluding hydrogens is 1900 g/mol. The molecule has 5 N–H and O–H groups in total. The van der Waals surface area contributed by atoms with Crippen LogP contribution in [-0.4, -0.2) is 206 Å². The molecule has 0 saturated carbocycles. The minimum absolute atomic E-state index is 0.0779. The highest BCUT2D eigenvalue weighted by molar-refractivity contribution is 9.10. The van der Waals surface area contributed by atoms with Gasteiger partial charge in [-0.25, -0.2) is 24.9 Å². The first-order valence-corrected chi connectivity index (χ1v) is 49.1. The van der Waals surface area contributed by atoms with E-state index in [1.807, 2.05) is 67.7 Å². The molecule has 0 unspecified atom stereocenters. The molecule has 5 aliphatic rings. The Morgan fingerprint density at radius 3 is 1.00 bits per heavy atom. The van der Waals surface area contributed by atoms with Gasteiger partial charge in [0.2, 0.25) is 0 Å². The molecule has 5 aliphatic heterocycles. The normalized spacial score (nSPS) is 15.9. The Bertz CT molecular complexity index is 6690. The van der Waals surface area contributed by atoms with Crippen molar-refractivity contribution in [3.05, 3.63) is 290 Å². The lowest BCUT2D eigenvalue weighted by molar-refractivity contribution is -0.142. The van der Waals surface area contributed by atoms with Crippen LogP contribution in [0.25, 0.3) is 123 Å². The van der Waals surface area contributed by atoms with E-state index in [1.165, 1.54) is 39.4 Å².